The maximum absolute atomic E-state index is 12.6. The van der Waals surface area contributed by atoms with Crippen molar-refractivity contribution in [1.82, 2.24) is 19.8 Å². The molecule has 0 radical (unpaired) electrons. The van der Waals surface area contributed by atoms with E-state index in [0.717, 1.165) is 38.1 Å². The number of aryl methyl sites for hydroxylation is 1. The van der Waals surface area contributed by atoms with E-state index in [1.165, 1.54) is 12.8 Å². The summed E-state index contributed by atoms with van der Waals surface area (Å²) in [6.07, 6.45) is 10.6. The fraction of sp³-hybridized carbons (Fsp3) is 0.706. The Morgan fingerprint density at radius 2 is 2.04 bits per heavy atom. The predicted molar refractivity (Wildman–Crippen MR) is 84.6 cm³/mol. The maximum Gasteiger partial charge on any atom is 0.225 e. The van der Waals surface area contributed by atoms with Gasteiger partial charge in [-0.05, 0) is 19.3 Å². The van der Waals surface area contributed by atoms with Gasteiger partial charge >= 0.3 is 0 Å². The van der Waals surface area contributed by atoms with E-state index in [0.29, 0.717) is 19.0 Å². The first-order valence-corrected chi connectivity index (χ1v) is 8.80. The van der Waals surface area contributed by atoms with Gasteiger partial charge in [0.1, 0.15) is 5.82 Å². The predicted octanol–water partition coefficient (Wildman–Crippen LogP) is 1.11. The van der Waals surface area contributed by atoms with E-state index in [2.05, 4.69) is 14.9 Å². The van der Waals surface area contributed by atoms with Gasteiger partial charge in [0.2, 0.25) is 11.8 Å². The fourth-order valence-electron chi connectivity index (χ4n) is 4.28. The van der Waals surface area contributed by atoms with Crippen LogP contribution < -0.4 is 5.32 Å². The van der Waals surface area contributed by atoms with Gasteiger partial charge in [0.25, 0.3) is 0 Å². The molecule has 1 saturated carbocycles. The highest BCUT2D eigenvalue weighted by Crippen LogP contribution is 2.29. The van der Waals surface area contributed by atoms with Gasteiger partial charge in [-0.1, -0.05) is 12.8 Å². The molecule has 2 fully saturated rings. The molecule has 0 spiro atoms. The first-order chi connectivity index (χ1) is 11.2. The van der Waals surface area contributed by atoms with E-state index in [1.54, 1.807) is 0 Å². The first-order valence-electron chi connectivity index (χ1n) is 8.80. The highest BCUT2D eigenvalue weighted by Gasteiger charge is 2.39. The summed E-state index contributed by atoms with van der Waals surface area (Å²) in [5, 5.41) is 3.16. The average molecular weight is 316 g/mol. The SMILES string of the molecule is O=C(N[C@@H]1CCc2nccn2C1)[C@H]1CC(=O)N(C2CCCC2)C1. The van der Waals surface area contributed by atoms with Crippen LogP contribution in [0.2, 0.25) is 0 Å². The lowest BCUT2D eigenvalue weighted by Gasteiger charge is -2.26. The second-order valence-corrected chi connectivity index (χ2v) is 7.13. The Kier molecular flexibility index (Phi) is 3.83. The van der Waals surface area contributed by atoms with Crippen LogP contribution in [0.25, 0.3) is 0 Å². The van der Waals surface area contributed by atoms with Crippen LogP contribution in [0.1, 0.15) is 44.3 Å². The van der Waals surface area contributed by atoms with E-state index in [1.807, 2.05) is 17.3 Å². The van der Waals surface area contributed by atoms with Crippen LogP contribution in [0.15, 0.2) is 12.4 Å². The third-order valence-corrected chi connectivity index (χ3v) is 5.58. The quantitative estimate of drug-likeness (QED) is 0.908. The second-order valence-electron chi connectivity index (χ2n) is 7.13. The minimum Gasteiger partial charge on any atom is -0.351 e. The Morgan fingerprint density at radius 3 is 2.87 bits per heavy atom. The second kappa shape index (κ2) is 5.98. The van der Waals surface area contributed by atoms with Gasteiger partial charge in [0.15, 0.2) is 0 Å². The zero-order valence-electron chi connectivity index (χ0n) is 13.4. The number of hydrogen-bond acceptors (Lipinski definition) is 3. The molecule has 1 aromatic heterocycles. The van der Waals surface area contributed by atoms with Crippen LogP contribution in [-0.4, -0.2) is 44.9 Å². The van der Waals surface area contributed by atoms with Crippen molar-refractivity contribution in [2.45, 2.75) is 63.6 Å². The van der Waals surface area contributed by atoms with Crippen molar-refractivity contribution in [1.29, 1.82) is 0 Å². The van der Waals surface area contributed by atoms with Crippen molar-refractivity contribution >= 4 is 11.8 Å². The summed E-state index contributed by atoms with van der Waals surface area (Å²) in [6.45, 7) is 1.40. The van der Waals surface area contributed by atoms with Gasteiger partial charge in [-0.15, -0.1) is 0 Å². The third kappa shape index (κ3) is 2.86. The average Bonchev–Trinajstić information content (AvgIpc) is 3.26. The van der Waals surface area contributed by atoms with Crippen molar-refractivity contribution < 1.29 is 9.59 Å². The fourth-order valence-corrected chi connectivity index (χ4v) is 4.28. The van der Waals surface area contributed by atoms with Crippen LogP contribution >= 0.6 is 0 Å². The molecule has 3 aliphatic rings. The Labute approximate surface area is 136 Å². The minimum absolute atomic E-state index is 0.0485. The number of carbonyl (C=O) groups is 2. The Morgan fingerprint density at radius 1 is 1.22 bits per heavy atom. The lowest BCUT2D eigenvalue weighted by molar-refractivity contribution is -0.130. The Balaban J connectivity index is 1.34. The molecule has 1 N–H and O–H groups in total. The normalized spacial score (nSPS) is 28.2. The van der Waals surface area contributed by atoms with Crippen molar-refractivity contribution in [3.05, 3.63) is 18.2 Å². The lowest BCUT2D eigenvalue weighted by Crippen LogP contribution is -2.44. The standard InChI is InChI=1S/C17H24N4O2/c22-16-9-12(10-21(16)14-3-1-2-4-14)17(23)19-13-5-6-15-18-7-8-20(15)11-13/h7-8,12-14H,1-6,9-11H2,(H,19,23)/t12-,13+/m0/s1. The summed E-state index contributed by atoms with van der Waals surface area (Å²) in [7, 11) is 0. The molecule has 4 rings (SSSR count). The number of likely N-dealkylation sites (tertiary alicyclic amines) is 1. The maximum atomic E-state index is 12.6. The van der Waals surface area contributed by atoms with E-state index >= 15 is 0 Å². The highest BCUT2D eigenvalue weighted by atomic mass is 16.2. The Bertz CT molecular complexity index is 605. The molecule has 1 aromatic rings. The zero-order valence-corrected chi connectivity index (χ0v) is 13.4. The smallest absolute Gasteiger partial charge is 0.225 e. The summed E-state index contributed by atoms with van der Waals surface area (Å²) >= 11 is 0. The summed E-state index contributed by atoms with van der Waals surface area (Å²) in [5.74, 6) is 1.14. The summed E-state index contributed by atoms with van der Waals surface area (Å²) in [5.41, 5.74) is 0. The molecule has 0 bridgehead atoms. The van der Waals surface area contributed by atoms with Crippen LogP contribution in [0.5, 0.6) is 0 Å². The molecule has 2 amide bonds. The molecule has 3 heterocycles. The first kappa shape index (κ1) is 14.7. The van der Waals surface area contributed by atoms with Crippen LogP contribution in [-0.2, 0) is 22.6 Å². The Hall–Kier alpha value is -1.85. The molecule has 0 aromatic carbocycles. The number of imidazole rings is 1. The zero-order chi connectivity index (χ0) is 15.8. The lowest BCUT2D eigenvalue weighted by atomic mass is 10.0. The molecular weight excluding hydrogens is 292 g/mol. The van der Waals surface area contributed by atoms with Gasteiger partial charge < -0.3 is 14.8 Å². The van der Waals surface area contributed by atoms with Crippen LogP contribution in [0.3, 0.4) is 0 Å². The molecule has 1 saturated heterocycles. The molecule has 2 aliphatic heterocycles. The van der Waals surface area contributed by atoms with Crippen molar-refractivity contribution in [2.24, 2.45) is 5.92 Å². The molecule has 124 valence electrons. The van der Waals surface area contributed by atoms with Crippen molar-refractivity contribution in [3.8, 4) is 0 Å². The number of nitrogens with one attached hydrogen (secondary N) is 1. The number of hydrogen-bond donors (Lipinski definition) is 1. The molecule has 23 heavy (non-hydrogen) atoms. The molecule has 1 aliphatic carbocycles. The van der Waals surface area contributed by atoms with Crippen molar-refractivity contribution in [2.75, 3.05) is 6.54 Å². The van der Waals surface area contributed by atoms with E-state index in [4.69, 9.17) is 0 Å². The number of rotatable bonds is 3. The number of carbonyl (C=O) groups excluding carboxylic acids is 2. The van der Waals surface area contributed by atoms with Crippen molar-refractivity contribution in [3.63, 3.8) is 0 Å². The van der Waals surface area contributed by atoms with Crippen LogP contribution in [0, 0.1) is 5.92 Å². The monoisotopic (exact) mass is 316 g/mol. The topological polar surface area (TPSA) is 67.2 Å². The van der Waals surface area contributed by atoms with Gasteiger partial charge in [-0.25, -0.2) is 4.98 Å². The largest absolute Gasteiger partial charge is 0.351 e. The summed E-state index contributed by atoms with van der Waals surface area (Å²) in [6, 6.07) is 0.531. The van der Waals surface area contributed by atoms with Gasteiger partial charge in [0, 0.05) is 50.4 Å². The molecule has 2 atom stereocenters. The van der Waals surface area contributed by atoms with E-state index in [9.17, 15) is 9.59 Å². The number of aromatic nitrogens is 2. The number of fused-ring (bicyclic) bond motifs is 1. The van der Waals surface area contributed by atoms with Gasteiger partial charge in [-0.3, -0.25) is 9.59 Å². The van der Waals surface area contributed by atoms with Gasteiger partial charge in [0.05, 0.1) is 5.92 Å². The molecule has 0 unspecified atom stereocenters. The van der Waals surface area contributed by atoms with Crippen LogP contribution in [0.4, 0.5) is 0 Å². The minimum atomic E-state index is -0.174. The molecular formula is C17H24N4O2. The molecule has 6 nitrogen and oxygen atoms in total. The van der Waals surface area contributed by atoms with E-state index in [-0.39, 0.29) is 23.8 Å². The summed E-state index contributed by atoms with van der Waals surface area (Å²) in [4.78, 5) is 31.1. The third-order valence-electron chi connectivity index (χ3n) is 5.58. The van der Waals surface area contributed by atoms with Gasteiger partial charge in [-0.2, -0.15) is 0 Å². The summed E-state index contributed by atoms with van der Waals surface area (Å²) < 4.78 is 2.11. The number of nitrogens with zero attached hydrogens (tertiary/aromatic N) is 3. The molecule has 6 heteroatoms. The van der Waals surface area contributed by atoms with E-state index < -0.39 is 0 Å². The highest BCUT2D eigenvalue weighted by molar-refractivity contribution is 5.89. The number of amides is 2.